The third-order valence-corrected chi connectivity index (χ3v) is 4.36. The molecule has 1 fully saturated rings. The van der Waals surface area contributed by atoms with Crippen molar-refractivity contribution in [1.82, 2.24) is 5.32 Å². The number of hydrogen-bond donors (Lipinski definition) is 1. The highest BCUT2D eigenvalue weighted by molar-refractivity contribution is 5.44. The zero-order valence-electron chi connectivity index (χ0n) is 12.4. The second kappa shape index (κ2) is 6.29. The Kier molecular flexibility index (Phi) is 4.70. The van der Waals surface area contributed by atoms with E-state index in [2.05, 4.69) is 31.3 Å². The molecule has 2 rings (SSSR count). The number of benzene rings is 1. The van der Waals surface area contributed by atoms with E-state index in [1.165, 1.54) is 18.4 Å². The molecule has 0 bridgehead atoms. The molecule has 1 N–H and O–H groups in total. The van der Waals surface area contributed by atoms with Crippen LogP contribution in [0, 0.1) is 5.92 Å². The van der Waals surface area contributed by atoms with E-state index in [0.717, 1.165) is 18.0 Å². The zero-order valence-corrected chi connectivity index (χ0v) is 12.4. The summed E-state index contributed by atoms with van der Waals surface area (Å²) in [4.78, 5) is 0. The average Bonchev–Trinajstić information content (AvgIpc) is 2.80. The number of nitrogens with one attached hydrogen (secondary N) is 1. The van der Waals surface area contributed by atoms with Gasteiger partial charge in [-0.1, -0.05) is 19.9 Å². The first kappa shape index (κ1) is 14.2. The van der Waals surface area contributed by atoms with Crippen LogP contribution in [-0.4, -0.2) is 26.8 Å². The van der Waals surface area contributed by atoms with Crippen LogP contribution in [0.2, 0.25) is 0 Å². The van der Waals surface area contributed by atoms with E-state index in [9.17, 15) is 0 Å². The van der Waals surface area contributed by atoms with Crippen LogP contribution in [0.4, 0.5) is 0 Å². The van der Waals surface area contributed by atoms with Gasteiger partial charge in [0, 0.05) is 6.04 Å². The molecule has 0 heterocycles. The summed E-state index contributed by atoms with van der Waals surface area (Å²) in [6.45, 7) is 5.58. The van der Waals surface area contributed by atoms with Crippen LogP contribution in [0.15, 0.2) is 18.2 Å². The van der Waals surface area contributed by atoms with Gasteiger partial charge in [-0.25, -0.2) is 0 Å². The van der Waals surface area contributed by atoms with Crippen molar-refractivity contribution in [2.75, 3.05) is 20.8 Å². The predicted molar refractivity (Wildman–Crippen MR) is 78.1 cm³/mol. The summed E-state index contributed by atoms with van der Waals surface area (Å²) < 4.78 is 10.7. The molecular formula is C16H25NO2. The lowest BCUT2D eigenvalue weighted by atomic mass is 9.88. The Hall–Kier alpha value is -1.22. The molecule has 3 atom stereocenters. The first-order chi connectivity index (χ1) is 9.21. The Labute approximate surface area is 116 Å². The van der Waals surface area contributed by atoms with Gasteiger partial charge in [0.1, 0.15) is 0 Å². The van der Waals surface area contributed by atoms with Crippen molar-refractivity contribution in [2.45, 2.75) is 38.6 Å². The minimum atomic E-state index is 0.615. The van der Waals surface area contributed by atoms with Crippen LogP contribution in [0.5, 0.6) is 11.5 Å². The summed E-state index contributed by atoms with van der Waals surface area (Å²) in [7, 11) is 3.37. The minimum Gasteiger partial charge on any atom is -0.493 e. The Balaban J connectivity index is 2.18. The first-order valence-electron chi connectivity index (χ1n) is 7.16. The largest absolute Gasteiger partial charge is 0.493 e. The Bertz CT molecular complexity index is 419. The summed E-state index contributed by atoms with van der Waals surface area (Å²) in [6.07, 6.45) is 2.50. The van der Waals surface area contributed by atoms with Gasteiger partial charge in [0.25, 0.3) is 0 Å². The molecule has 1 aromatic carbocycles. The molecule has 0 aliphatic heterocycles. The molecule has 0 radical (unpaired) electrons. The molecule has 3 nitrogen and oxygen atoms in total. The second-order valence-corrected chi connectivity index (χ2v) is 5.32. The fourth-order valence-electron chi connectivity index (χ4n) is 3.27. The maximum atomic E-state index is 5.41. The van der Waals surface area contributed by atoms with Crippen LogP contribution < -0.4 is 14.8 Å². The molecule has 1 aromatic rings. The molecule has 106 valence electrons. The molecule has 0 spiro atoms. The standard InChI is InChI=1S/C16H25NO2/c1-5-17-14-8-7-13(11(14)2)12-6-9-15(18-3)16(10-12)19-4/h6,9-11,13-14,17H,5,7-8H2,1-4H3. The van der Waals surface area contributed by atoms with Crippen molar-refractivity contribution >= 4 is 0 Å². The van der Waals surface area contributed by atoms with Crippen molar-refractivity contribution in [3.8, 4) is 11.5 Å². The lowest BCUT2D eigenvalue weighted by molar-refractivity contribution is 0.353. The van der Waals surface area contributed by atoms with Crippen molar-refractivity contribution in [3.05, 3.63) is 23.8 Å². The van der Waals surface area contributed by atoms with Gasteiger partial charge in [-0.3, -0.25) is 0 Å². The van der Waals surface area contributed by atoms with Gasteiger partial charge in [0.15, 0.2) is 11.5 Å². The zero-order chi connectivity index (χ0) is 13.8. The van der Waals surface area contributed by atoms with Crippen LogP contribution >= 0.6 is 0 Å². The van der Waals surface area contributed by atoms with Gasteiger partial charge in [0.2, 0.25) is 0 Å². The molecule has 0 amide bonds. The van der Waals surface area contributed by atoms with Gasteiger partial charge in [-0.2, -0.15) is 0 Å². The fraction of sp³-hybridized carbons (Fsp3) is 0.625. The van der Waals surface area contributed by atoms with Crippen molar-refractivity contribution in [3.63, 3.8) is 0 Å². The van der Waals surface area contributed by atoms with E-state index in [1.54, 1.807) is 14.2 Å². The second-order valence-electron chi connectivity index (χ2n) is 5.32. The average molecular weight is 263 g/mol. The van der Waals surface area contributed by atoms with Crippen LogP contribution in [0.3, 0.4) is 0 Å². The van der Waals surface area contributed by atoms with Gasteiger partial charge in [-0.05, 0) is 48.9 Å². The lowest BCUT2D eigenvalue weighted by Gasteiger charge is -2.22. The van der Waals surface area contributed by atoms with Gasteiger partial charge in [0.05, 0.1) is 14.2 Å². The summed E-state index contributed by atoms with van der Waals surface area (Å²) in [5, 5.41) is 3.59. The highest BCUT2D eigenvalue weighted by Crippen LogP contribution is 2.42. The number of hydrogen-bond acceptors (Lipinski definition) is 3. The van der Waals surface area contributed by atoms with E-state index in [1.807, 2.05) is 6.07 Å². The highest BCUT2D eigenvalue weighted by Gasteiger charge is 2.33. The van der Waals surface area contributed by atoms with Crippen molar-refractivity contribution in [2.24, 2.45) is 5.92 Å². The molecule has 3 heteroatoms. The Morgan fingerprint density at radius 2 is 1.89 bits per heavy atom. The maximum absolute atomic E-state index is 5.41. The van der Waals surface area contributed by atoms with E-state index in [4.69, 9.17) is 9.47 Å². The Morgan fingerprint density at radius 3 is 2.53 bits per heavy atom. The van der Waals surface area contributed by atoms with Gasteiger partial charge >= 0.3 is 0 Å². The summed E-state index contributed by atoms with van der Waals surface area (Å²) in [5.74, 6) is 2.92. The van der Waals surface area contributed by atoms with Gasteiger partial charge < -0.3 is 14.8 Å². The lowest BCUT2D eigenvalue weighted by Crippen LogP contribution is -2.32. The fourth-order valence-corrected chi connectivity index (χ4v) is 3.27. The topological polar surface area (TPSA) is 30.5 Å². The third kappa shape index (κ3) is 2.86. The molecule has 1 aliphatic carbocycles. The van der Waals surface area contributed by atoms with Crippen molar-refractivity contribution < 1.29 is 9.47 Å². The Morgan fingerprint density at radius 1 is 1.16 bits per heavy atom. The van der Waals surface area contributed by atoms with E-state index in [0.29, 0.717) is 17.9 Å². The van der Waals surface area contributed by atoms with Crippen LogP contribution in [0.25, 0.3) is 0 Å². The highest BCUT2D eigenvalue weighted by atomic mass is 16.5. The molecule has 0 saturated heterocycles. The van der Waals surface area contributed by atoms with E-state index in [-0.39, 0.29) is 0 Å². The van der Waals surface area contributed by atoms with Crippen molar-refractivity contribution in [1.29, 1.82) is 0 Å². The first-order valence-corrected chi connectivity index (χ1v) is 7.16. The summed E-state index contributed by atoms with van der Waals surface area (Å²) >= 11 is 0. The minimum absolute atomic E-state index is 0.615. The predicted octanol–water partition coefficient (Wildman–Crippen LogP) is 3.20. The van der Waals surface area contributed by atoms with E-state index >= 15 is 0 Å². The molecule has 0 aromatic heterocycles. The van der Waals surface area contributed by atoms with Crippen LogP contribution in [-0.2, 0) is 0 Å². The summed E-state index contributed by atoms with van der Waals surface area (Å²) in [5.41, 5.74) is 1.37. The van der Waals surface area contributed by atoms with E-state index < -0.39 is 0 Å². The quantitative estimate of drug-likeness (QED) is 0.885. The number of ether oxygens (including phenoxy) is 2. The summed E-state index contributed by atoms with van der Waals surface area (Å²) in [6, 6.07) is 6.97. The SMILES string of the molecule is CCNC1CCC(c2ccc(OC)c(OC)c2)C1C. The number of rotatable bonds is 5. The molecular weight excluding hydrogens is 238 g/mol. The molecule has 3 unspecified atom stereocenters. The monoisotopic (exact) mass is 263 g/mol. The molecule has 1 saturated carbocycles. The number of methoxy groups -OCH3 is 2. The maximum Gasteiger partial charge on any atom is 0.160 e. The molecule has 1 aliphatic rings. The molecule has 19 heavy (non-hydrogen) atoms. The normalized spacial score (nSPS) is 26.4. The third-order valence-electron chi connectivity index (χ3n) is 4.36. The smallest absolute Gasteiger partial charge is 0.160 e. The van der Waals surface area contributed by atoms with Crippen LogP contribution in [0.1, 0.15) is 38.2 Å². The van der Waals surface area contributed by atoms with Gasteiger partial charge in [-0.15, -0.1) is 0 Å².